The molecule has 0 fully saturated rings. The number of nitrogens with one attached hydrogen (secondary N) is 1. The molecule has 0 radical (unpaired) electrons. The Morgan fingerprint density at radius 3 is 2.68 bits per heavy atom. The van der Waals surface area contributed by atoms with Crippen LogP contribution in [0.1, 0.15) is 29.1 Å². The fourth-order valence-electron chi connectivity index (χ4n) is 1.70. The number of aliphatic hydroxyl groups excluding tert-OH is 1. The molecule has 0 bridgehead atoms. The largest absolute Gasteiger partial charge is 0.397 e. The summed E-state index contributed by atoms with van der Waals surface area (Å²) in [7, 11) is 0. The minimum Gasteiger partial charge on any atom is -0.397 e. The highest BCUT2D eigenvalue weighted by Gasteiger charge is 2.12. The maximum absolute atomic E-state index is 12.0. The van der Waals surface area contributed by atoms with E-state index in [-0.39, 0.29) is 11.6 Å². The number of hydrogen-bond donors (Lipinski definition) is 3. The van der Waals surface area contributed by atoms with Gasteiger partial charge in [-0.25, -0.2) is 4.98 Å². The Bertz CT molecular complexity index is 579. The van der Waals surface area contributed by atoms with Crippen molar-refractivity contribution < 1.29 is 9.90 Å². The average Bonchev–Trinajstić information content (AvgIpc) is 2.39. The molecule has 0 saturated heterocycles. The number of aromatic nitrogens is 1. The van der Waals surface area contributed by atoms with Gasteiger partial charge in [0.25, 0.3) is 5.91 Å². The van der Waals surface area contributed by atoms with Gasteiger partial charge in [0.2, 0.25) is 0 Å². The van der Waals surface area contributed by atoms with E-state index >= 15 is 0 Å². The van der Waals surface area contributed by atoms with E-state index < -0.39 is 6.10 Å². The molecule has 0 saturated carbocycles. The predicted molar refractivity (Wildman–Crippen MR) is 73.7 cm³/mol. The topological polar surface area (TPSA) is 88.2 Å². The Labute approximate surface area is 111 Å². The molecule has 4 N–H and O–H groups in total. The van der Waals surface area contributed by atoms with Crippen molar-refractivity contribution in [1.29, 1.82) is 0 Å². The van der Waals surface area contributed by atoms with Crippen LogP contribution in [0.15, 0.2) is 42.6 Å². The third kappa shape index (κ3) is 3.08. The van der Waals surface area contributed by atoms with Gasteiger partial charge in [-0.2, -0.15) is 0 Å². The Balaban J connectivity index is 2.22. The van der Waals surface area contributed by atoms with E-state index in [1.807, 2.05) is 0 Å². The lowest BCUT2D eigenvalue weighted by molar-refractivity contribution is 0.102. The van der Waals surface area contributed by atoms with E-state index in [4.69, 9.17) is 5.73 Å². The number of para-hydroxylation sites is 1. The van der Waals surface area contributed by atoms with Crippen LogP contribution >= 0.6 is 0 Å². The normalized spacial score (nSPS) is 11.9. The van der Waals surface area contributed by atoms with Gasteiger partial charge < -0.3 is 16.2 Å². The van der Waals surface area contributed by atoms with Gasteiger partial charge in [0.15, 0.2) is 0 Å². The molecule has 1 heterocycles. The minimum absolute atomic E-state index is 0.273. The molecule has 5 heteroatoms. The van der Waals surface area contributed by atoms with Gasteiger partial charge in [-0.1, -0.05) is 18.2 Å². The summed E-state index contributed by atoms with van der Waals surface area (Å²) in [4.78, 5) is 16.0. The number of rotatable bonds is 3. The highest BCUT2D eigenvalue weighted by atomic mass is 16.3. The van der Waals surface area contributed by atoms with Gasteiger partial charge in [0.05, 0.1) is 18.0 Å². The first-order valence-electron chi connectivity index (χ1n) is 5.88. The molecular formula is C14H15N3O2. The number of nitrogen functional groups attached to an aromatic ring is 1. The third-order valence-electron chi connectivity index (χ3n) is 2.68. The molecular weight excluding hydrogens is 242 g/mol. The Morgan fingerprint density at radius 1 is 1.32 bits per heavy atom. The number of hydrogen-bond acceptors (Lipinski definition) is 4. The first-order valence-corrected chi connectivity index (χ1v) is 5.88. The third-order valence-corrected chi connectivity index (χ3v) is 2.68. The molecule has 0 aliphatic carbocycles. The van der Waals surface area contributed by atoms with Gasteiger partial charge in [-0.05, 0) is 25.1 Å². The van der Waals surface area contributed by atoms with Crippen LogP contribution in [-0.4, -0.2) is 16.0 Å². The fourth-order valence-corrected chi connectivity index (χ4v) is 1.70. The second-order valence-electron chi connectivity index (χ2n) is 4.19. The van der Waals surface area contributed by atoms with Crippen LogP contribution in [0.3, 0.4) is 0 Å². The molecule has 98 valence electrons. The first kappa shape index (κ1) is 13.0. The molecule has 0 aliphatic rings. The summed E-state index contributed by atoms with van der Waals surface area (Å²) >= 11 is 0. The standard InChI is InChI=1S/C14H15N3O2/c1-9(18)11-4-2-3-5-12(11)17-14(19)13-7-6-10(15)8-16-13/h2-9,18H,15H2,1H3,(H,17,19). The van der Waals surface area contributed by atoms with Crippen LogP contribution in [0.25, 0.3) is 0 Å². The van der Waals surface area contributed by atoms with E-state index in [1.54, 1.807) is 43.3 Å². The van der Waals surface area contributed by atoms with Crippen LogP contribution in [0.2, 0.25) is 0 Å². The summed E-state index contributed by atoms with van der Waals surface area (Å²) in [5.41, 5.74) is 7.52. The van der Waals surface area contributed by atoms with Crippen molar-refractivity contribution in [2.45, 2.75) is 13.0 Å². The van der Waals surface area contributed by atoms with Crippen molar-refractivity contribution in [2.24, 2.45) is 0 Å². The fraction of sp³-hybridized carbons (Fsp3) is 0.143. The molecule has 1 atom stereocenters. The number of nitrogens with zero attached hydrogens (tertiary/aromatic N) is 1. The van der Waals surface area contributed by atoms with Crippen LogP contribution in [0.4, 0.5) is 11.4 Å². The van der Waals surface area contributed by atoms with Gasteiger partial charge >= 0.3 is 0 Å². The van der Waals surface area contributed by atoms with E-state index in [0.717, 1.165) is 0 Å². The van der Waals surface area contributed by atoms with Crippen LogP contribution in [-0.2, 0) is 0 Å². The number of aliphatic hydroxyl groups is 1. The number of nitrogens with two attached hydrogens (primary N) is 1. The zero-order chi connectivity index (χ0) is 13.8. The molecule has 1 aromatic heterocycles. The molecule has 1 unspecified atom stereocenters. The number of benzene rings is 1. The summed E-state index contributed by atoms with van der Waals surface area (Å²) in [6, 6.07) is 10.3. The van der Waals surface area contributed by atoms with Crippen molar-refractivity contribution >= 4 is 17.3 Å². The molecule has 19 heavy (non-hydrogen) atoms. The van der Waals surface area contributed by atoms with Crippen molar-refractivity contribution in [3.8, 4) is 0 Å². The predicted octanol–water partition coefficient (Wildman–Crippen LogP) is 1.97. The van der Waals surface area contributed by atoms with E-state index in [2.05, 4.69) is 10.3 Å². The van der Waals surface area contributed by atoms with Crippen LogP contribution in [0.5, 0.6) is 0 Å². The van der Waals surface area contributed by atoms with Crippen molar-refractivity contribution in [3.05, 3.63) is 53.9 Å². The number of pyridine rings is 1. The van der Waals surface area contributed by atoms with E-state index in [9.17, 15) is 9.90 Å². The lowest BCUT2D eigenvalue weighted by Gasteiger charge is -2.12. The lowest BCUT2D eigenvalue weighted by atomic mass is 10.1. The van der Waals surface area contributed by atoms with Gasteiger partial charge in [0.1, 0.15) is 5.69 Å². The molecule has 5 nitrogen and oxygen atoms in total. The molecule has 0 aliphatic heterocycles. The highest BCUT2D eigenvalue weighted by Crippen LogP contribution is 2.22. The van der Waals surface area contributed by atoms with Crippen molar-refractivity contribution in [2.75, 3.05) is 11.1 Å². The zero-order valence-corrected chi connectivity index (χ0v) is 10.5. The summed E-state index contributed by atoms with van der Waals surface area (Å²) in [5.74, 6) is -0.340. The maximum atomic E-state index is 12.0. The number of carbonyl (C=O) groups is 1. The molecule has 2 aromatic rings. The smallest absolute Gasteiger partial charge is 0.274 e. The Kier molecular flexibility index (Phi) is 3.77. The second kappa shape index (κ2) is 5.49. The zero-order valence-electron chi connectivity index (χ0n) is 10.5. The first-order chi connectivity index (χ1) is 9.08. The van der Waals surface area contributed by atoms with E-state index in [0.29, 0.717) is 16.9 Å². The summed E-state index contributed by atoms with van der Waals surface area (Å²) < 4.78 is 0. The monoisotopic (exact) mass is 257 g/mol. The molecule has 0 spiro atoms. The van der Waals surface area contributed by atoms with Crippen molar-refractivity contribution in [3.63, 3.8) is 0 Å². The highest BCUT2D eigenvalue weighted by molar-refractivity contribution is 6.03. The Morgan fingerprint density at radius 2 is 2.05 bits per heavy atom. The average molecular weight is 257 g/mol. The summed E-state index contributed by atoms with van der Waals surface area (Å²) in [6.07, 6.45) is 0.769. The van der Waals surface area contributed by atoms with Crippen molar-refractivity contribution in [1.82, 2.24) is 4.98 Å². The number of anilines is 2. The second-order valence-corrected chi connectivity index (χ2v) is 4.19. The summed E-state index contributed by atoms with van der Waals surface area (Å²) in [6.45, 7) is 1.65. The van der Waals surface area contributed by atoms with Gasteiger partial charge in [0, 0.05) is 11.3 Å². The van der Waals surface area contributed by atoms with Crippen LogP contribution < -0.4 is 11.1 Å². The minimum atomic E-state index is -0.657. The van der Waals surface area contributed by atoms with E-state index in [1.165, 1.54) is 6.20 Å². The maximum Gasteiger partial charge on any atom is 0.274 e. The lowest BCUT2D eigenvalue weighted by Crippen LogP contribution is -2.15. The quantitative estimate of drug-likeness (QED) is 0.784. The van der Waals surface area contributed by atoms with Gasteiger partial charge in [-0.15, -0.1) is 0 Å². The molecule has 1 amide bonds. The Hall–Kier alpha value is -2.40. The molecule has 1 aromatic carbocycles. The number of carbonyl (C=O) groups excluding carboxylic acids is 1. The summed E-state index contributed by atoms with van der Waals surface area (Å²) in [5, 5.41) is 12.4. The van der Waals surface area contributed by atoms with Gasteiger partial charge in [-0.3, -0.25) is 4.79 Å². The van der Waals surface area contributed by atoms with Crippen LogP contribution in [0, 0.1) is 0 Å². The number of amides is 1. The SMILES string of the molecule is CC(O)c1ccccc1NC(=O)c1ccc(N)cn1. The molecule has 2 rings (SSSR count).